The molecule has 0 amide bonds. The summed E-state index contributed by atoms with van der Waals surface area (Å²) >= 11 is 0. The summed E-state index contributed by atoms with van der Waals surface area (Å²) in [5.74, 6) is -1.20. The smallest absolute Gasteiger partial charge is 0.449 e. The lowest BCUT2D eigenvalue weighted by molar-refractivity contribution is -0.386. The molecule has 11 heteroatoms. The van der Waals surface area contributed by atoms with Gasteiger partial charge in [0.15, 0.2) is 5.75 Å². The average Bonchev–Trinajstić information content (AvgIpc) is 2.60. The fourth-order valence-corrected chi connectivity index (χ4v) is 3.06. The Morgan fingerprint density at radius 1 is 1.41 bits per heavy atom. The zero-order valence-electron chi connectivity index (χ0n) is 14.2. The standard InChI is InChI=1S/C16H15F3N4O4/c1-27-12-4-2-3-9(13(12)23(25)26)7-22-6-5-11-10(8-22)14(24)21-15(20-11)16(17,18)19/h2-4H,5-8H2,1H3,(H,20,21,24). The van der Waals surface area contributed by atoms with Gasteiger partial charge < -0.3 is 9.72 Å². The topological polar surface area (TPSA) is 101 Å². The van der Waals surface area contributed by atoms with Crippen molar-refractivity contribution >= 4 is 5.69 Å². The van der Waals surface area contributed by atoms with E-state index < -0.39 is 22.5 Å². The van der Waals surface area contributed by atoms with Gasteiger partial charge in [-0.05, 0) is 6.07 Å². The van der Waals surface area contributed by atoms with Crippen molar-refractivity contribution in [2.45, 2.75) is 25.7 Å². The minimum atomic E-state index is -4.73. The molecule has 1 aromatic heterocycles. The average molecular weight is 384 g/mol. The summed E-state index contributed by atoms with van der Waals surface area (Å²) in [6.45, 7) is 0.507. The summed E-state index contributed by atoms with van der Waals surface area (Å²) in [6.07, 6.45) is -4.59. The molecule has 0 saturated heterocycles. The third kappa shape index (κ3) is 3.77. The SMILES string of the molecule is COc1cccc(CN2CCc3nc(C(F)(F)F)[nH]c(=O)c3C2)c1[N+](=O)[O-]. The molecule has 2 heterocycles. The Bertz CT molecular complexity index is 942. The Morgan fingerprint density at radius 3 is 2.78 bits per heavy atom. The second-order valence-electron chi connectivity index (χ2n) is 6.02. The first kappa shape index (κ1) is 18.8. The Balaban J connectivity index is 1.88. The highest BCUT2D eigenvalue weighted by Gasteiger charge is 2.36. The zero-order valence-corrected chi connectivity index (χ0v) is 14.2. The van der Waals surface area contributed by atoms with Crippen LogP contribution in [0.1, 0.15) is 22.6 Å². The number of H-pyrrole nitrogens is 1. The maximum Gasteiger partial charge on any atom is 0.449 e. The highest BCUT2D eigenvalue weighted by atomic mass is 19.4. The van der Waals surface area contributed by atoms with E-state index >= 15 is 0 Å². The summed E-state index contributed by atoms with van der Waals surface area (Å²) in [5, 5.41) is 11.4. The van der Waals surface area contributed by atoms with Crippen molar-refractivity contribution in [2.75, 3.05) is 13.7 Å². The quantitative estimate of drug-likeness (QED) is 0.641. The number of nitrogens with zero attached hydrogens (tertiary/aromatic N) is 3. The van der Waals surface area contributed by atoms with Crippen LogP contribution in [-0.4, -0.2) is 33.4 Å². The van der Waals surface area contributed by atoms with E-state index in [-0.39, 0.29) is 42.2 Å². The van der Waals surface area contributed by atoms with Gasteiger partial charge in [0, 0.05) is 31.6 Å². The first-order valence-electron chi connectivity index (χ1n) is 7.92. The molecule has 0 bridgehead atoms. The van der Waals surface area contributed by atoms with Crippen LogP contribution >= 0.6 is 0 Å². The molecule has 27 heavy (non-hydrogen) atoms. The predicted molar refractivity (Wildman–Crippen MR) is 87.3 cm³/mol. The van der Waals surface area contributed by atoms with E-state index in [1.165, 1.54) is 13.2 Å². The van der Waals surface area contributed by atoms with E-state index in [9.17, 15) is 28.1 Å². The first-order chi connectivity index (χ1) is 12.7. The van der Waals surface area contributed by atoms with Crippen molar-refractivity contribution in [3.05, 3.63) is 61.3 Å². The molecule has 0 saturated carbocycles. The van der Waals surface area contributed by atoms with Gasteiger partial charge in [-0.15, -0.1) is 0 Å². The van der Waals surface area contributed by atoms with E-state index in [2.05, 4.69) is 4.98 Å². The molecule has 1 aromatic carbocycles. The third-order valence-corrected chi connectivity index (χ3v) is 4.30. The van der Waals surface area contributed by atoms with Crippen LogP contribution in [0.4, 0.5) is 18.9 Å². The van der Waals surface area contributed by atoms with Gasteiger partial charge in [0.05, 0.1) is 23.3 Å². The monoisotopic (exact) mass is 384 g/mol. The predicted octanol–water partition coefficient (Wildman–Crippen LogP) is 2.26. The lowest BCUT2D eigenvalue weighted by Crippen LogP contribution is -2.36. The number of hydrogen-bond acceptors (Lipinski definition) is 6. The van der Waals surface area contributed by atoms with Crippen LogP contribution in [-0.2, 0) is 25.7 Å². The Morgan fingerprint density at radius 2 is 2.15 bits per heavy atom. The number of para-hydroxylation sites is 1. The lowest BCUT2D eigenvalue weighted by Gasteiger charge is -2.27. The number of rotatable bonds is 4. The third-order valence-electron chi connectivity index (χ3n) is 4.30. The summed E-state index contributed by atoms with van der Waals surface area (Å²) < 4.78 is 43.3. The molecular weight excluding hydrogens is 369 g/mol. The molecule has 0 radical (unpaired) electrons. The molecule has 3 rings (SSSR count). The molecule has 0 atom stereocenters. The number of fused-ring (bicyclic) bond motifs is 1. The minimum Gasteiger partial charge on any atom is -0.490 e. The van der Waals surface area contributed by atoms with Crippen molar-refractivity contribution in [1.29, 1.82) is 0 Å². The number of nitro benzene ring substituents is 1. The number of hydrogen-bond donors (Lipinski definition) is 1. The fourth-order valence-electron chi connectivity index (χ4n) is 3.06. The van der Waals surface area contributed by atoms with Crippen LogP contribution in [0, 0.1) is 10.1 Å². The first-order valence-corrected chi connectivity index (χ1v) is 7.92. The van der Waals surface area contributed by atoms with Gasteiger partial charge in [-0.2, -0.15) is 13.2 Å². The van der Waals surface area contributed by atoms with E-state index in [1.807, 2.05) is 0 Å². The highest BCUT2D eigenvalue weighted by molar-refractivity contribution is 5.52. The Labute approximate surface area is 150 Å². The minimum absolute atomic E-state index is 0.0458. The van der Waals surface area contributed by atoms with Crippen molar-refractivity contribution in [2.24, 2.45) is 0 Å². The van der Waals surface area contributed by atoms with Gasteiger partial charge in [-0.25, -0.2) is 4.98 Å². The largest absolute Gasteiger partial charge is 0.490 e. The van der Waals surface area contributed by atoms with Crippen LogP contribution in [0.3, 0.4) is 0 Å². The van der Waals surface area contributed by atoms with Crippen molar-refractivity contribution < 1.29 is 22.8 Å². The second kappa shape index (κ2) is 6.99. The van der Waals surface area contributed by atoms with Gasteiger partial charge in [0.2, 0.25) is 5.82 Å². The summed E-state index contributed by atoms with van der Waals surface area (Å²) in [6, 6.07) is 4.66. The van der Waals surface area contributed by atoms with Gasteiger partial charge in [0.1, 0.15) is 0 Å². The number of ether oxygens (including phenoxy) is 1. The van der Waals surface area contributed by atoms with Crippen molar-refractivity contribution in [3.63, 3.8) is 0 Å². The summed E-state index contributed by atoms with van der Waals surface area (Å²) in [5.41, 5.74) is -0.399. The highest BCUT2D eigenvalue weighted by Crippen LogP contribution is 2.32. The number of nitro groups is 1. The molecule has 0 aliphatic carbocycles. The molecule has 0 unspecified atom stereocenters. The van der Waals surface area contributed by atoms with Gasteiger partial charge in [-0.1, -0.05) is 12.1 Å². The fraction of sp³-hybridized carbons (Fsp3) is 0.375. The van der Waals surface area contributed by atoms with Gasteiger partial charge >= 0.3 is 11.9 Å². The molecule has 0 spiro atoms. The van der Waals surface area contributed by atoms with Crippen LogP contribution in [0.15, 0.2) is 23.0 Å². The second-order valence-corrected chi connectivity index (χ2v) is 6.02. The maximum absolute atomic E-state index is 12.8. The van der Waals surface area contributed by atoms with E-state index in [1.54, 1.807) is 22.0 Å². The molecular formula is C16H15F3N4O4. The van der Waals surface area contributed by atoms with E-state index in [0.29, 0.717) is 12.1 Å². The Hall–Kier alpha value is -2.95. The van der Waals surface area contributed by atoms with E-state index in [4.69, 9.17) is 4.74 Å². The van der Waals surface area contributed by atoms with Gasteiger partial charge in [0.25, 0.3) is 5.56 Å². The maximum atomic E-state index is 12.8. The number of aromatic amines is 1. The number of benzene rings is 1. The number of alkyl halides is 3. The molecule has 1 N–H and O–H groups in total. The Kier molecular flexibility index (Phi) is 4.87. The molecule has 0 fully saturated rings. The molecule has 8 nitrogen and oxygen atoms in total. The van der Waals surface area contributed by atoms with Crippen LogP contribution in [0.5, 0.6) is 5.75 Å². The number of nitrogens with one attached hydrogen (secondary N) is 1. The number of halogens is 3. The van der Waals surface area contributed by atoms with Gasteiger partial charge in [-0.3, -0.25) is 19.8 Å². The normalized spacial score (nSPS) is 14.7. The molecule has 1 aliphatic rings. The van der Waals surface area contributed by atoms with Crippen molar-refractivity contribution in [3.8, 4) is 5.75 Å². The summed E-state index contributed by atoms with van der Waals surface area (Å²) in [4.78, 5) is 29.9. The van der Waals surface area contributed by atoms with E-state index in [0.717, 1.165) is 0 Å². The summed E-state index contributed by atoms with van der Waals surface area (Å²) in [7, 11) is 1.33. The number of methoxy groups -OCH3 is 1. The van der Waals surface area contributed by atoms with Crippen LogP contribution in [0.2, 0.25) is 0 Å². The lowest BCUT2D eigenvalue weighted by atomic mass is 10.1. The number of aromatic nitrogens is 2. The molecule has 144 valence electrons. The molecule has 1 aliphatic heterocycles. The van der Waals surface area contributed by atoms with Crippen LogP contribution < -0.4 is 10.3 Å². The van der Waals surface area contributed by atoms with Crippen molar-refractivity contribution in [1.82, 2.24) is 14.9 Å². The molecule has 2 aromatic rings. The zero-order chi connectivity index (χ0) is 19.8. The van der Waals surface area contributed by atoms with Crippen LogP contribution in [0.25, 0.3) is 0 Å².